The predicted octanol–water partition coefficient (Wildman–Crippen LogP) is 4.88. The van der Waals surface area contributed by atoms with Crippen LogP contribution in [0.5, 0.6) is 0 Å². The number of rotatable bonds is 3. The fourth-order valence-electron chi connectivity index (χ4n) is 2.22. The molecule has 0 N–H and O–H groups in total. The molecule has 112 valence electrons. The molecule has 1 heterocycles. The number of aromatic nitrogens is 1. The zero-order valence-corrected chi connectivity index (χ0v) is 16.1. The molecule has 0 atom stereocenters. The molecule has 1 aromatic carbocycles. The summed E-state index contributed by atoms with van der Waals surface area (Å²) in [7, 11) is 0. The van der Waals surface area contributed by atoms with E-state index >= 15 is 0 Å². The van der Waals surface area contributed by atoms with Gasteiger partial charge in [-0.05, 0) is 0 Å². The Bertz CT molecular complexity index is 680. The number of hydrogen-bond donors (Lipinski definition) is 0. The van der Waals surface area contributed by atoms with Gasteiger partial charge in [0.15, 0.2) is 0 Å². The Morgan fingerprint density at radius 2 is 1.81 bits per heavy atom. The molecule has 0 amide bonds. The first-order chi connectivity index (χ1) is 10.4. The fraction of sp³-hybridized carbons (Fsp3) is 0.421. The van der Waals surface area contributed by atoms with Gasteiger partial charge in [0.25, 0.3) is 0 Å². The molecule has 0 spiro atoms. The fourth-order valence-corrected chi connectivity index (χ4v) is 4.70. The maximum atomic E-state index is 8.34. The third kappa shape index (κ3) is 4.70. The van der Waals surface area contributed by atoms with Crippen molar-refractivity contribution in [3.63, 3.8) is 0 Å². The van der Waals surface area contributed by atoms with Crippen LogP contribution in [-0.2, 0) is 6.37 Å². The van der Waals surface area contributed by atoms with Gasteiger partial charge in [0.05, 0.1) is 0 Å². The van der Waals surface area contributed by atoms with Crippen LogP contribution < -0.4 is 4.40 Å². The molecular weight excluding hydrogens is 315 g/mol. The van der Waals surface area contributed by atoms with Crippen LogP contribution in [0, 0.1) is 5.41 Å². The average Bonchev–Trinajstić information content (AvgIpc) is 2.45. The summed E-state index contributed by atoms with van der Waals surface area (Å²) in [6.45, 7) is 5.75. The maximum absolute atomic E-state index is 8.34. The third-order valence-electron chi connectivity index (χ3n) is 3.31. The van der Waals surface area contributed by atoms with E-state index in [9.17, 15) is 0 Å². The Balaban J connectivity index is 2.38. The van der Waals surface area contributed by atoms with Gasteiger partial charge in [0, 0.05) is 0 Å². The molecule has 2 aromatic rings. The summed E-state index contributed by atoms with van der Waals surface area (Å²) in [6.07, 6.45) is 0.285. The number of benzene rings is 1. The first-order valence-corrected chi connectivity index (χ1v) is 14.8. The molecule has 1 nitrogen and oxygen atoms in total. The van der Waals surface area contributed by atoms with Crippen LogP contribution in [0.15, 0.2) is 42.6 Å². The third-order valence-corrected chi connectivity index (χ3v) is 7.59. The molecule has 21 heavy (non-hydrogen) atoms. The van der Waals surface area contributed by atoms with Crippen molar-refractivity contribution >= 4 is 17.7 Å². The Hall–Kier alpha value is -1.09. The summed E-state index contributed by atoms with van der Waals surface area (Å²) in [4.78, 5) is 4.53. The second-order valence-electron chi connectivity index (χ2n) is 7.64. The van der Waals surface area contributed by atoms with Gasteiger partial charge in [0.2, 0.25) is 0 Å². The Morgan fingerprint density at radius 1 is 1.10 bits per heavy atom. The average molecular weight is 344 g/mol. The van der Waals surface area contributed by atoms with Crippen LogP contribution in [0.2, 0.25) is 17.3 Å². The van der Waals surface area contributed by atoms with Crippen molar-refractivity contribution in [3.8, 4) is 11.3 Å². The van der Waals surface area contributed by atoms with E-state index in [-0.39, 0.29) is 0 Å². The van der Waals surface area contributed by atoms with Gasteiger partial charge in [-0.25, -0.2) is 0 Å². The Morgan fingerprint density at radius 3 is 2.33 bits per heavy atom. The quantitative estimate of drug-likeness (QED) is 0.723. The molecule has 1 aromatic heterocycles. The Kier molecular flexibility index (Phi) is 3.85. The van der Waals surface area contributed by atoms with Crippen molar-refractivity contribution in [2.45, 2.75) is 44.4 Å². The molecule has 0 unspecified atom stereocenters. The molecule has 0 radical (unpaired) electrons. The monoisotopic (exact) mass is 345 g/mol. The van der Waals surface area contributed by atoms with Crippen LogP contribution in [0.3, 0.4) is 0 Å². The normalized spacial score (nSPS) is 14.6. The van der Waals surface area contributed by atoms with E-state index in [1.807, 2.05) is 32.9 Å². The number of nitrogens with zero attached hydrogens (tertiary/aromatic N) is 1. The van der Waals surface area contributed by atoms with Gasteiger partial charge in [-0.1, -0.05) is 0 Å². The van der Waals surface area contributed by atoms with Gasteiger partial charge in [-0.15, -0.1) is 0 Å². The molecule has 0 aliphatic carbocycles. The minimum atomic E-state index is -1.86. The summed E-state index contributed by atoms with van der Waals surface area (Å²) in [5, 5.41) is 0. The zero-order valence-electron chi connectivity index (χ0n) is 16.0. The van der Waals surface area contributed by atoms with Crippen molar-refractivity contribution in [1.82, 2.24) is 4.98 Å². The van der Waals surface area contributed by atoms with E-state index in [2.05, 4.69) is 46.5 Å². The summed E-state index contributed by atoms with van der Waals surface area (Å²) < 4.78 is 18.1. The van der Waals surface area contributed by atoms with E-state index in [1.54, 1.807) is 6.20 Å². The second kappa shape index (κ2) is 5.96. The van der Waals surface area contributed by atoms with Gasteiger partial charge < -0.3 is 0 Å². The van der Waals surface area contributed by atoms with E-state index in [4.69, 9.17) is 2.74 Å². The molecule has 0 bridgehead atoms. The van der Waals surface area contributed by atoms with E-state index in [0.29, 0.717) is 5.56 Å². The standard InChI is InChI=1S/C19H27GeN/c1-19(2,3)13-15-10-11-18(21-14-15)16-8-7-9-17(12-16)20(4,5)6/h7-12,14H,13H2,1-6H3/i13D2. The van der Waals surface area contributed by atoms with Crippen molar-refractivity contribution < 1.29 is 2.74 Å². The first kappa shape index (κ1) is 13.6. The summed E-state index contributed by atoms with van der Waals surface area (Å²) >= 11 is -1.86. The van der Waals surface area contributed by atoms with Crippen molar-refractivity contribution in [2.24, 2.45) is 5.41 Å². The molecule has 0 aliphatic heterocycles. The topological polar surface area (TPSA) is 12.9 Å². The molecule has 2 heteroatoms. The molecule has 0 saturated heterocycles. The second-order valence-corrected chi connectivity index (χ2v) is 18.3. The molecule has 2 rings (SSSR count). The number of pyridine rings is 1. The van der Waals surface area contributed by atoms with E-state index in [0.717, 1.165) is 11.3 Å². The van der Waals surface area contributed by atoms with Gasteiger partial charge in [-0.2, -0.15) is 0 Å². The van der Waals surface area contributed by atoms with Gasteiger partial charge in [-0.3, -0.25) is 0 Å². The number of hydrogen-bond acceptors (Lipinski definition) is 1. The SMILES string of the molecule is [2H]C([2H])(c1ccc(-c2ccc[c]([Ge]([CH3])([CH3])[CH3])c2)nc1)C(C)(C)C. The van der Waals surface area contributed by atoms with Crippen molar-refractivity contribution in [1.29, 1.82) is 0 Å². The van der Waals surface area contributed by atoms with Crippen LogP contribution in [0.25, 0.3) is 11.3 Å². The molecule has 0 aliphatic rings. The van der Waals surface area contributed by atoms with Crippen LogP contribution in [-0.4, -0.2) is 18.3 Å². The van der Waals surface area contributed by atoms with Crippen LogP contribution >= 0.6 is 0 Å². The molecular formula is C19H27GeN. The van der Waals surface area contributed by atoms with Gasteiger partial charge in [0.1, 0.15) is 0 Å². The summed E-state index contributed by atoms with van der Waals surface area (Å²) in [5.41, 5.74) is 2.20. The van der Waals surface area contributed by atoms with Gasteiger partial charge >= 0.3 is 135 Å². The van der Waals surface area contributed by atoms with Crippen LogP contribution in [0.4, 0.5) is 0 Å². The predicted molar refractivity (Wildman–Crippen MR) is 95.8 cm³/mol. The van der Waals surface area contributed by atoms with E-state index in [1.165, 1.54) is 4.40 Å². The summed E-state index contributed by atoms with van der Waals surface area (Å²) in [6, 6.07) is 12.5. The van der Waals surface area contributed by atoms with E-state index < -0.39 is 25.1 Å². The minimum absolute atomic E-state index is 0.462. The zero-order chi connectivity index (χ0) is 17.5. The Labute approximate surface area is 135 Å². The van der Waals surface area contributed by atoms with Crippen molar-refractivity contribution in [3.05, 3.63) is 48.2 Å². The molecule has 0 saturated carbocycles. The first-order valence-electron chi connectivity index (χ1n) is 8.50. The summed E-state index contributed by atoms with van der Waals surface area (Å²) in [5.74, 6) is 7.15. The van der Waals surface area contributed by atoms with Crippen LogP contribution in [0.1, 0.15) is 29.1 Å². The van der Waals surface area contributed by atoms with Crippen molar-refractivity contribution in [2.75, 3.05) is 0 Å². The molecule has 0 fully saturated rings.